The molecule has 0 radical (unpaired) electrons. The van der Waals surface area contributed by atoms with E-state index in [1.807, 2.05) is 6.07 Å². The van der Waals surface area contributed by atoms with Gasteiger partial charge in [-0.2, -0.15) is 5.26 Å². The van der Waals surface area contributed by atoms with E-state index in [4.69, 9.17) is 10.00 Å². The van der Waals surface area contributed by atoms with Gasteiger partial charge in [0.15, 0.2) is 11.5 Å². The zero-order valence-electron chi connectivity index (χ0n) is 7.19. The zero-order valence-corrected chi connectivity index (χ0v) is 7.19. The van der Waals surface area contributed by atoms with Crippen molar-refractivity contribution >= 4 is 6.08 Å². The monoisotopic (exact) mass is 175 g/mol. The molecule has 0 fully saturated rings. The van der Waals surface area contributed by atoms with Gasteiger partial charge in [0.25, 0.3) is 0 Å². The van der Waals surface area contributed by atoms with E-state index in [0.29, 0.717) is 11.3 Å². The Kier molecular flexibility index (Phi) is 2.93. The molecule has 0 aliphatic heterocycles. The molecule has 0 spiro atoms. The molecule has 1 N–H and O–H groups in total. The van der Waals surface area contributed by atoms with Gasteiger partial charge in [-0.15, -0.1) is 0 Å². The summed E-state index contributed by atoms with van der Waals surface area (Å²) >= 11 is 0. The van der Waals surface area contributed by atoms with Gasteiger partial charge in [-0.1, -0.05) is 12.1 Å². The van der Waals surface area contributed by atoms with Gasteiger partial charge >= 0.3 is 0 Å². The molecular weight excluding hydrogens is 166 g/mol. The predicted octanol–water partition coefficient (Wildman–Crippen LogP) is 1.94. The van der Waals surface area contributed by atoms with Crippen LogP contribution in [0.5, 0.6) is 11.5 Å². The number of nitrogens with zero attached hydrogens (tertiary/aromatic N) is 1. The number of aromatic hydroxyl groups is 1. The molecule has 0 aromatic heterocycles. The van der Waals surface area contributed by atoms with Crippen molar-refractivity contribution in [2.75, 3.05) is 7.11 Å². The first-order valence-corrected chi connectivity index (χ1v) is 3.71. The highest BCUT2D eigenvalue weighted by Crippen LogP contribution is 2.29. The number of benzene rings is 1. The van der Waals surface area contributed by atoms with E-state index in [2.05, 4.69) is 0 Å². The molecule has 66 valence electrons. The van der Waals surface area contributed by atoms with Crippen molar-refractivity contribution in [3.8, 4) is 17.6 Å². The van der Waals surface area contributed by atoms with Gasteiger partial charge in [0, 0.05) is 11.6 Å². The topological polar surface area (TPSA) is 53.2 Å². The van der Waals surface area contributed by atoms with Crippen LogP contribution in [0.25, 0.3) is 6.08 Å². The second-order valence-corrected chi connectivity index (χ2v) is 2.36. The van der Waals surface area contributed by atoms with Gasteiger partial charge in [0.1, 0.15) is 0 Å². The van der Waals surface area contributed by atoms with E-state index >= 15 is 0 Å². The number of ether oxygens (including phenoxy) is 1. The molecule has 1 rings (SSSR count). The van der Waals surface area contributed by atoms with Gasteiger partial charge in [-0.3, -0.25) is 0 Å². The third-order valence-electron chi connectivity index (χ3n) is 1.59. The van der Waals surface area contributed by atoms with E-state index in [1.165, 1.54) is 19.3 Å². The Hall–Kier alpha value is -1.95. The Morgan fingerprint density at radius 3 is 2.92 bits per heavy atom. The third kappa shape index (κ3) is 2.00. The molecule has 13 heavy (non-hydrogen) atoms. The lowest BCUT2D eigenvalue weighted by atomic mass is 10.2. The lowest BCUT2D eigenvalue weighted by Crippen LogP contribution is -1.84. The molecule has 0 unspecified atom stereocenters. The molecule has 0 atom stereocenters. The van der Waals surface area contributed by atoms with Crippen LogP contribution in [0.4, 0.5) is 0 Å². The number of allylic oxidation sites excluding steroid dienone is 1. The predicted molar refractivity (Wildman–Crippen MR) is 49.3 cm³/mol. The second kappa shape index (κ2) is 4.17. The lowest BCUT2D eigenvalue weighted by molar-refractivity contribution is 0.373. The fraction of sp³-hybridized carbons (Fsp3) is 0.100. The van der Waals surface area contributed by atoms with Crippen LogP contribution >= 0.6 is 0 Å². The van der Waals surface area contributed by atoms with Crippen LogP contribution in [0, 0.1) is 11.3 Å². The largest absolute Gasteiger partial charge is 0.504 e. The van der Waals surface area contributed by atoms with Crippen LogP contribution in [0.1, 0.15) is 5.56 Å². The Morgan fingerprint density at radius 1 is 1.54 bits per heavy atom. The van der Waals surface area contributed by atoms with Gasteiger partial charge in [-0.25, -0.2) is 0 Å². The molecular formula is C10H9NO2. The number of nitriles is 1. The molecule has 0 bridgehead atoms. The van der Waals surface area contributed by atoms with Crippen molar-refractivity contribution in [2.24, 2.45) is 0 Å². The Bertz CT molecular complexity index is 364. The maximum Gasteiger partial charge on any atom is 0.165 e. The maximum atomic E-state index is 9.53. The number of para-hydroxylation sites is 1. The second-order valence-electron chi connectivity index (χ2n) is 2.36. The number of phenols is 1. The minimum absolute atomic E-state index is 0.0523. The standard InChI is InChI=1S/C10H9NO2/c1-13-9-6-2-4-8(10(9)12)5-3-7-11/h2-6,12H,1H3. The molecule has 0 aliphatic carbocycles. The van der Waals surface area contributed by atoms with E-state index in [1.54, 1.807) is 18.2 Å². The van der Waals surface area contributed by atoms with Gasteiger partial charge in [0.2, 0.25) is 0 Å². The minimum Gasteiger partial charge on any atom is -0.504 e. The van der Waals surface area contributed by atoms with Crippen molar-refractivity contribution in [1.82, 2.24) is 0 Å². The average molecular weight is 175 g/mol. The van der Waals surface area contributed by atoms with Crippen molar-refractivity contribution in [1.29, 1.82) is 5.26 Å². The Morgan fingerprint density at radius 2 is 2.31 bits per heavy atom. The average Bonchev–Trinajstić information content (AvgIpc) is 2.16. The number of phenolic OH excluding ortho intramolecular Hbond substituents is 1. The molecule has 0 saturated carbocycles. The summed E-state index contributed by atoms with van der Waals surface area (Å²) in [5.74, 6) is 0.455. The van der Waals surface area contributed by atoms with Crippen LogP contribution in [-0.4, -0.2) is 12.2 Å². The molecule has 1 aromatic rings. The minimum atomic E-state index is 0.0523. The number of hydrogen-bond acceptors (Lipinski definition) is 3. The van der Waals surface area contributed by atoms with Crippen LogP contribution in [0.15, 0.2) is 24.3 Å². The summed E-state index contributed by atoms with van der Waals surface area (Å²) in [6.07, 6.45) is 2.83. The van der Waals surface area contributed by atoms with E-state index in [9.17, 15) is 5.11 Å². The Labute approximate surface area is 76.5 Å². The molecule has 0 amide bonds. The highest BCUT2D eigenvalue weighted by molar-refractivity contribution is 5.62. The summed E-state index contributed by atoms with van der Waals surface area (Å²) < 4.78 is 4.90. The summed E-state index contributed by atoms with van der Waals surface area (Å²) in [5, 5.41) is 17.8. The first-order valence-electron chi connectivity index (χ1n) is 3.71. The lowest BCUT2D eigenvalue weighted by Gasteiger charge is -2.04. The normalized spacial score (nSPS) is 9.85. The molecule has 0 saturated heterocycles. The van der Waals surface area contributed by atoms with Crippen LogP contribution in [0.3, 0.4) is 0 Å². The van der Waals surface area contributed by atoms with Gasteiger partial charge in [0.05, 0.1) is 13.2 Å². The quantitative estimate of drug-likeness (QED) is 0.699. The summed E-state index contributed by atoms with van der Waals surface area (Å²) in [7, 11) is 1.48. The van der Waals surface area contributed by atoms with E-state index in [0.717, 1.165) is 0 Å². The maximum absolute atomic E-state index is 9.53. The Balaban J connectivity index is 3.10. The van der Waals surface area contributed by atoms with Gasteiger partial charge in [-0.05, 0) is 12.1 Å². The first-order chi connectivity index (χ1) is 6.29. The highest BCUT2D eigenvalue weighted by Gasteiger charge is 2.03. The molecule has 3 nitrogen and oxygen atoms in total. The van der Waals surface area contributed by atoms with E-state index < -0.39 is 0 Å². The van der Waals surface area contributed by atoms with Crippen molar-refractivity contribution < 1.29 is 9.84 Å². The third-order valence-corrected chi connectivity index (χ3v) is 1.59. The van der Waals surface area contributed by atoms with Gasteiger partial charge < -0.3 is 9.84 Å². The first kappa shape index (κ1) is 9.14. The fourth-order valence-corrected chi connectivity index (χ4v) is 0.966. The molecule has 1 aromatic carbocycles. The summed E-state index contributed by atoms with van der Waals surface area (Å²) in [6.45, 7) is 0. The number of methoxy groups -OCH3 is 1. The fourth-order valence-electron chi connectivity index (χ4n) is 0.966. The molecule has 0 aliphatic rings. The van der Waals surface area contributed by atoms with Crippen LogP contribution in [-0.2, 0) is 0 Å². The van der Waals surface area contributed by atoms with Crippen molar-refractivity contribution in [3.05, 3.63) is 29.8 Å². The number of rotatable bonds is 2. The smallest absolute Gasteiger partial charge is 0.165 e. The molecule has 3 heteroatoms. The summed E-state index contributed by atoms with van der Waals surface area (Å²) in [5.41, 5.74) is 0.570. The number of hydrogen-bond donors (Lipinski definition) is 1. The SMILES string of the molecule is COc1cccc(C=CC#N)c1O. The summed E-state index contributed by atoms with van der Waals surface area (Å²) in [6, 6.07) is 6.95. The molecule has 0 heterocycles. The van der Waals surface area contributed by atoms with E-state index in [-0.39, 0.29) is 5.75 Å². The zero-order chi connectivity index (χ0) is 9.68. The van der Waals surface area contributed by atoms with Crippen LogP contribution in [0.2, 0.25) is 0 Å². The van der Waals surface area contributed by atoms with Crippen molar-refractivity contribution in [2.45, 2.75) is 0 Å². The van der Waals surface area contributed by atoms with Crippen molar-refractivity contribution in [3.63, 3.8) is 0 Å². The summed E-state index contributed by atoms with van der Waals surface area (Å²) in [4.78, 5) is 0. The highest BCUT2D eigenvalue weighted by atomic mass is 16.5. The van der Waals surface area contributed by atoms with Crippen LogP contribution < -0.4 is 4.74 Å².